The van der Waals surface area contributed by atoms with Crippen LogP contribution in [0.2, 0.25) is 0 Å². The number of aromatic nitrogens is 2. The highest BCUT2D eigenvalue weighted by molar-refractivity contribution is 6.09. The maximum Gasteiger partial charge on any atom is 0.216 e. The average Bonchev–Trinajstić information content (AvgIpc) is 2.89. The predicted octanol–water partition coefficient (Wildman–Crippen LogP) is 3.42. The highest BCUT2D eigenvalue weighted by atomic mass is 16.5. The van der Waals surface area contributed by atoms with Crippen LogP contribution in [0.5, 0.6) is 5.75 Å². The smallest absolute Gasteiger partial charge is 0.216 e. The van der Waals surface area contributed by atoms with Gasteiger partial charge in [-0.2, -0.15) is 0 Å². The second-order valence-corrected chi connectivity index (χ2v) is 6.02. The van der Waals surface area contributed by atoms with Gasteiger partial charge in [0.2, 0.25) is 5.91 Å². The van der Waals surface area contributed by atoms with Crippen LogP contribution in [-0.4, -0.2) is 29.1 Å². The van der Waals surface area contributed by atoms with Crippen LogP contribution >= 0.6 is 0 Å². The summed E-state index contributed by atoms with van der Waals surface area (Å²) in [6.45, 7) is 5.20. The first-order valence-corrected chi connectivity index (χ1v) is 8.28. The third-order valence-electron chi connectivity index (χ3n) is 4.35. The molecule has 0 saturated heterocycles. The van der Waals surface area contributed by atoms with Crippen molar-refractivity contribution in [1.29, 1.82) is 0 Å². The molecule has 0 aliphatic carbocycles. The summed E-state index contributed by atoms with van der Waals surface area (Å²) in [4.78, 5) is 15.4. The first-order chi connectivity index (χ1) is 11.6. The summed E-state index contributed by atoms with van der Waals surface area (Å²) in [5.74, 6) is 0.882. The van der Waals surface area contributed by atoms with E-state index < -0.39 is 0 Å². The SMILES string of the molecule is COc1ccc2c3ccnc(C)c3n(CCCCNC(C)=O)c2c1. The van der Waals surface area contributed by atoms with Crippen molar-refractivity contribution in [3.8, 4) is 5.75 Å². The van der Waals surface area contributed by atoms with Gasteiger partial charge in [-0.05, 0) is 38.0 Å². The molecule has 126 valence electrons. The van der Waals surface area contributed by atoms with E-state index in [1.54, 1.807) is 14.0 Å². The average molecular weight is 325 g/mol. The van der Waals surface area contributed by atoms with Crippen LogP contribution in [0.15, 0.2) is 30.5 Å². The molecule has 1 amide bonds. The summed E-state index contributed by atoms with van der Waals surface area (Å²) in [5, 5.41) is 5.29. The van der Waals surface area contributed by atoms with E-state index in [9.17, 15) is 4.79 Å². The molecule has 1 aromatic carbocycles. The number of nitrogens with zero attached hydrogens (tertiary/aromatic N) is 2. The lowest BCUT2D eigenvalue weighted by Gasteiger charge is -2.09. The van der Waals surface area contributed by atoms with E-state index in [-0.39, 0.29) is 5.91 Å². The molecule has 3 aromatic rings. The largest absolute Gasteiger partial charge is 0.497 e. The number of nitrogens with one attached hydrogen (secondary N) is 1. The quantitative estimate of drug-likeness (QED) is 0.707. The van der Waals surface area contributed by atoms with Gasteiger partial charge < -0.3 is 14.6 Å². The van der Waals surface area contributed by atoms with Crippen LogP contribution in [-0.2, 0) is 11.3 Å². The van der Waals surface area contributed by atoms with Crippen molar-refractivity contribution in [1.82, 2.24) is 14.9 Å². The number of benzene rings is 1. The Balaban J connectivity index is 1.97. The Morgan fingerprint density at radius 2 is 2.08 bits per heavy atom. The molecule has 3 rings (SSSR count). The Bertz CT molecular complexity index is 883. The fraction of sp³-hybridized carbons (Fsp3) is 0.368. The van der Waals surface area contributed by atoms with E-state index in [1.807, 2.05) is 19.2 Å². The normalized spacial score (nSPS) is 11.1. The Morgan fingerprint density at radius 3 is 2.83 bits per heavy atom. The molecule has 24 heavy (non-hydrogen) atoms. The molecule has 0 spiro atoms. The van der Waals surface area contributed by atoms with Crippen molar-refractivity contribution in [2.45, 2.75) is 33.2 Å². The van der Waals surface area contributed by atoms with Crippen LogP contribution in [0.25, 0.3) is 21.8 Å². The van der Waals surface area contributed by atoms with Gasteiger partial charge in [-0.15, -0.1) is 0 Å². The molecule has 0 radical (unpaired) electrons. The third kappa shape index (κ3) is 3.07. The Morgan fingerprint density at radius 1 is 1.25 bits per heavy atom. The fourth-order valence-electron chi connectivity index (χ4n) is 3.22. The second-order valence-electron chi connectivity index (χ2n) is 6.02. The van der Waals surface area contributed by atoms with Gasteiger partial charge >= 0.3 is 0 Å². The lowest BCUT2D eigenvalue weighted by atomic mass is 10.1. The van der Waals surface area contributed by atoms with Gasteiger partial charge in [0.05, 0.1) is 23.8 Å². The minimum atomic E-state index is 0.0247. The molecule has 0 aliphatic rings. The number of carbonyl (C=O) groups is 1. The van der Waals surface area contributed by atoms with Gasteiger partial charge in [0.25, 0.3) is 0 Å². The molecule has 0 atom stereocenters. The molecule has 0 unspecified atom stereocenters. The van der Waals surface area contributed by atoms with Gasteiger partial charge in [0.1, 0.15) is 5.75 Å². The number of ether oxygens (including phenoxy) is 1. The number of fused-ring (bicyclic) bond motifs is 3. The zero-order valence-electron chi connectivity index (χ0n) is 14.4. The summed E-state index contributed by atoms with van der Waals surface area (Å²) in [7, 11) is 1.69. The van der Waals surface area contributed by atoms with Crippen LogP contribution in [0.1, 0.15) is 25.5 Å². The number of rotatable bonds is 6. The van der Waals surface area contributed by atoms with Gasteiger partial charge in [0.15, 0.2) is 0 Å². The van der Waals surface area contributed by atoms with Crippen molar-refractivity contribution in [2.75, 3.05) is 13.7 Å². The molecule has 0 aliphatic heterocycles. The lowest BCUT2D eigenvalue weighted by Crippen LogP contribution is -2.21. The van der Waals surface area contributed by atoms with Gasteiger partial charge in [-0.3, -0.25) is 9.78 Å². The fourth-order valence-corrected chi connectivity index (χ4v) is 3.22. The molecule has 5 heteroatoms. The summed E-state index contributed by atoms with van der Waals surface area (Å²) in [6, 6.07) is 8.27. The number of methoxy groups -OCH3 is 1. The summed E-state index contributed by atoms with van der Waals surface area (Å²) < 4.78 is 7.72. The molecule has 0 fully saturated rings. The number of unbranched alkanes of at least 4 members (excludes halogenated alkanes) is 1. The van der Waals surface area contributed by atoms with E-state index in [1.165, 1.54) is 21.8 Å². The first-order valence-electron chi connectivity index (χ1n) is 8.28. The van der Waals surface area contributed by atoms with Crippen molar-refractivity contribution in [3.05, 3.63) is 36.2 Å². The number of pyridine rings is 1. The van der Waals surface area contributed by atoms with E-state index in [4.69, 9.17) is 4.74 Å². The highest BCUT2D eigenvalue weighted by Gasteiger charge is 2.13. The molecule has 1 N–H and O–H groups in total. The molecule has 0 saturated carbocycles. The van der Waals surface area contributed by atoms with Crippen LogP contribution in [0.3, 0.4) is 0 Å². The molecule has 2 aromatic heterocycles. The highest BCUT2D eigenvalue weighted by Crippen LogP contribution is 2.32. The van der Waals surface area contributed by atoms with E-state index >= 15 is 0 Å². The van der Waals surface area contributed by atoms with Crippen LogP contribution in [0, 0.1) is 6.92 Å². The number of hydrogen-bond acceptors (Lipinski definition) is 3. The van der Waals surface area contributed by atoms with E-state index in [0.717, 1.165) is 30.8 Å². The third-order valence-corrected chi connectivity index (χ3v) is 4.35. The molecular weight excluding hydrogens is 302 g/mol. The van der Waals surface area contributed by atoms with E-state index in [2.05, 4.69) is 33.1 Å². The number of hydrogen-bond donors (Lipinski definition) is 1. The molecular formula is C19H23N3O2. The summed E-state index contributed by atoms with van der Waals surface area (Å²) in [6.07, 6.45) is 3.80. The Labute approximate surface area is 141 Å². The Kier molecular flexibility index (Phi) is 4.69. The van der Waals surface area contributed by atoms with Crippen molar-refractivity contribution >= 4 is 27.7 Å². The summed E-state index contributed by atoms with van der Waals surface area (Å²) >= 11 is 0. The lowest BCUT2D eigenvalue weighted by molar-refractivity contribution is -0.118. The molecule has 5 nitrogen and oxygen atoms in total. The molecule has 2 heterocycles. The number of carbonyl (C=O) groups excluding carboxylic acids is 1. The van der Waals surface area contributed by atoms with Gasteiger partial charge in [-0.25, -0.2) is 0 Å². The maximum absolute atomic E-state index is 11.0. The van der Waals surface area contributed by atoms with E-state index in [0.29, 0.717) is 6.54 Å². The zero-order valence-corrected chi connectivity index (χ0v) is 14.4. The van der Waals surface area contributed by atoms with Crippen molar-refractivity contribution < 1.29 is 9.53 Å². The Hall–Kier alpha value is -2.56. The number of amides is 1. The standard InChI is InChI=1S/C19H23N3O2/c1-13-19-17(8-10-20-13)16-7-6-15(24-3)12-18(16)22(19)11-5-4-9-21-14(2)23/h6-8,10,12H,4-5,9,11H2,1-3H3,(H,21,23). The van der Waals surface area contributed by atoms with Gasteiger partial charge in [0, 0.05) is 43.0 Å². The maximum atomic E-state index is 11.0. The minimum absolute atomic E-state index is 0.0247. The monoisotopic (exact) mass is 325 g/mol. The van der Waals surface area contributed by atoms with Gasteiger partial charge in [-0.1, -0.05) is 0 Å². The van der Waals surface area contributed by atoms with Crippen molar-refractivity contribution in [2.24, 2.45) is 0 Å². The number of aryl methyl sites for hydroxylation is 2. The topological polar surface area (TPSA) is 56.1 Å². The zero-order chi connectivity index (χ0) is 17.1. The second kappa shape index (κ2) is 6.91. The minimum Gasteiger partial charge on any atom is -0.497 e. The predicted molar refractivity (Wildman–Crippen MR) is 96.4 cm³/mol. The first kappa shape index (κ1) is 16.3. The summed E-state index contributed by atoms with van der Waals surface area (Å²) in [5.41, 5.74) is 3.38. The molecule has 0 bridgehead atoms. The van der Waals surface area contributed by atoms with Crippen LogP contribution in [0.4, 0.5) is 0 Å². The van der Waals surface area contributed by atoms with Crippen LogP contribution < -0.4 is 10.1 Å². The van der Waals surface area contributed by atoms with Crippen molar-refractivity contribution in [3.63, 3.8) is 0 Å².